The van der Waals surface area contributed by atoms with Gasteiger partial charge in [0.1, 0.15) is 0 Å². The molecule has 0 unspecified atom stereocenters. The van der Waals surface area contributed by atoms with Crippen molar-refractivity contribution < 1.29 is 0 Å². The maximum atomic E-state index is 5.88. The highest BCUT2D eigenvalue weighted by atomic mass is 35.5. The Hall–Kier alpha value is 1.01. The van der Waals surface area contributed by atoms with E-state index in [1.165, 1.54) is 21.6 Å². The van der Waals surface area contributed by atoms with E-state index < -0.39 is 0 Å². The minimum atomic E-state index is 0.174. The Morgan fingerprint density at radius 2 is 1.46 bits per heavy atom. The zero-order valence-electron chi connectivity index (χ0n) is 6.28. The monoisotopic (exact) mass is 293 g/mol. The highest BCUT2D eigenvalue weighted by molar-refractivity contribution is 8.76. The Morgan fingerprint density at radius 1 is 1.00 bits per heavy atom. The number of nitrogens with zero attached hydrogens (tertiary/aromatic N) is 1. The number of hydrogen-bond acceptors (Lipinski definition) is 3. The van der Waals surface area contributed by atoms with Crippen molar-refractivity contribution >= 4 is 68.0 Å². The van der Waals surface area contributed by atoms with E-state index in [1.807, 2.05) is 6.26 Å². The zero-order valence-corrected chi connectivity index (χ0v) is 10.9. The third-order valence-corrected chi connectivity index (χ3v) is 4.57. The highest BCUT2D eigenvalue weighted by Gasteiger charge is 2.15. The molecule has 72 valence electrons. The van der Waals surface area contributed by atoms with E-state index in [4.69, 9.17) is 46.4 Å². The Kier molecular flexibility index (Phi) is 4.83. The molecule has 0 aliphatic carbocycles. The van der Waals surface area contributed by atoms with Crippen LogP contribution in [0.5, 0.6) is 0 Å². The molecule has 1 aromatic rings. The first-order valence-corrected chi connectivity index (χ1v) is 7.05. The smallest absolute Gasteiger partial charge is 0.150 e. The summed E-state index contributed by atoms with van der Waals surface area (Å²) < 4.78 is 0. The van der Waals surface area contributed by atoms with Crippen LogP contribution < -0.4 is 0 Å². The van der Waals surface area contributed by atoms with Gasteiger partial charge in [-0.2, -0.15) is 0 Å². The van der Waals surface area contributed by atoms with Crippen molar-refractivity contribution in [3.05, 3.63) is 20.4 Å². The second kappa shape index (κ2) is 5.19. The lowest BCUT2D eigenvalue weighted by atomic mass is 10.5. The van der Waals surface area contributed by atoms with E-state index in [1.54, 1.807) is 0 Å². The van der Waals surface area contributed by atoms with Crippen molar-refractivity contribution in [1.29, 1.82) is 0 Å². The van der Waals surface area contributed by atoms with Crippen LogP contribution in [0.3, 0.4) is 0 Å². The summed E-state index contributed by atoms with van der Waals surface area (Å²) in [5.41, 5.74) is 0. The molecule has 0 bridgehead atoms. The molecule has 0 spiro atoms. The molecular weight excluding hydrogens is 292 g/mol. The average Bonchev–Trinajstić information content (AvgIpc) is 2.09. The summed E-state index contributed by atoms with van der Waals surface area (Å²) in [5, 5.41) is 1.03. The van der Waals surface area contributed by atoms with Gasteiger partial charge in [-0.25, -0.2) is 4.98 Å². The lowest BCUT2D eigenvalue weighted by molar-refractivity contribution is 1.27. The minimum Gasteiger partial charge on any atom is -0.221 e. The summed E-state index contributed by atoms with van der Waals surface area (Å²) in [6.45, 7) is 0. The molecule has 0 aromatic carbocycles. The van der Waals surface area contributed by atoms with Gasteiger partial charge in [0.25, 0.3) is 0 Å². The van der Waals surface area contributed by atoms with Crippen molar-refractivity contribution in [2.24, 2.45) is 0 Å². The number of rotatable bonds is 2. The first-order valence-electron chi connectivity index (χ1n) is 2.98. The standard InChI is InChI=1S/C6H3Cl4NS2/c1-12-13-4-2(7)5(9)11-6(10)3(4)8/h1H3. The normalized spacial score (nSPS) is 10.5. The molecule has 7 heteroatoms. The molecule has 1 aromatic heterocycles. The van der Waals surface area contributed by atoms with Crippen molar-refractivity contribution in [1.82, 2.24) is 4.98 Å². The van der Waals surface area contributed by atoms with Crippen molar-refractivity contribution in [3.8, 4) is 0 Å². The fourth-order valence-corrected chi connectivity index (χ4v) is 3.47. The maximum Gasteiger partial charge on any atom is 0.150 e. The van der Waals surface area contributed by atoms with E-state index in [0.717, 1.165) is 0 Å². The van der Waals surface area contributed by atoms with Crippen LogP contribution >= 0.6 is 68.0 Å². The molecule has 0 N–H and O–H groups in total. The van der Waals surface area contributed by atoms with Crippen molar-refractivity contribution in [3.63, 3.8) is 0 Å². The number of hydrogen-bond donors (Lipinski definition) is 0. The molecule has 0 aliphatic rings. The Balaban J connectivity index is 3.28. The number of aromatic nitrogens is 1. The second-order valence-electron chi connectivity index (χ2n) is 1.90. The van der Waals surface area contributed by atoms with Gasteiger partial charge in [0, 0.05) is 0 Å². The van der Waals surface area contributed by atoms with E-state index in [-0.39, 0.29) is 10.3 Å². The first kappa shape index (κ1) is 12.1. The highest BCUT2D eigenvalue weighted by Crippen LogP contribution is 2.44. The molecule has 1 heterocycles. The van der Waals surface area contributed by atoms with Crippen molar-refractivity contribution in [2.45, 2.75) is 4.90 Å². The molecule has 1 nitrogen and oxygen atoms in total. The summed E-state index contributed by atoms with van der Waals surface area (Å²) >= 11 is 23.2. The second-order valence-corrected chi connectivity index (χ2v) is 5.78. The van der Waals surface area contributed by atoms with Crippen LogP contribution in [0.15, 0.2) is 4.90 Å². The van der Waals surface area contributed by atoms with Crippen LogP contribution in [0.1, 0.15) is 0 Å². The average molecular weight is 295 g/mol. The number of pyridine rings is 1. The number of halogens is 4. The first-order chi connectivity index (χ1) is 6.07. The molecule has 0 saturated heterocycles. The molecule has 0 aliphatic heterocycles. The van der Waals surface area contributed by atoms with E-state index >= 15 is 0 Å². The summed E-state index contributed by atoms with van der Waals surface area (Å²) in [7, 11) is 2.90. The quantitative estimate of drug-likeness (QED) is 0.558. The molecule has 0 fully saturated rings. The molecule has 0 saturated carbocycles. The van der Waals surface area contributed by atoms with Gasteiger partial charge in [-0.3, -0.25) is 0 Å². The van der Waals surface area contributed by atoms with Gasteiger partial charge in [0.2, 0.25) is 0 Å². The van der Waals surface area contributed by atoms with Crippen LogP contribution in [-0.4, -0.2) is 11.2 Å². The van der Waals surface area contributed by atoms with Crippen LogP contribution in [0, 0.1) is 0 Å². The SMILES string of the molecule is CSSc1c(Cl)c(Cl)nc(Cl)c1Cl. The van der Waals surface area contributed by atoms with Crippen LogP contribution in [-0.2, 0) is 0 Å². The van der Waals surface area contributed by atoms with Crippen LogP contribution in [0.4, 0.5) is 0 Å². The lowest BCUT2D eigenvalue weighted by Crippen LogP contribution is -1.84. The predicted molar refractivity (Wildman–Crippen MR) is 63.6 cm³/mol. The Bertz CT molecular complexity index is 305. The van der Waals surface area contributed by atoms with Crippen LogP contribution in [0.2, 0.25) is 20.4 Å². The van der Waals surface area contributed by atoms with Crippen molar-refractivity contribution in [2.75, 3.05) is 6.26 Å². The molecule has 0 atom stereocenters. The maximum absolute atomic E-state index is 5.88. The third-order valence-electron chi connectivity index (χ3n) is 1.12. The van der Waals surface area contributed by atoms with Gasteiger partial charge in [0.05, 0.1) is 14.9 Å². The van der Waals surface area contributed by atoms with Gasteiger partial charge >= 0.3 is 0 Å². The van der Waals surface area contributed by atoms with Gasteiger partial charge < -0.3 is 0 Å². The van der Waals surface area contributed by atoms with E-state index in [0.29, 0.717) is 14.9 Å². The largest absolute Gasteiger partial charge is 0.221 e. The van der Waals surface area contributed by atoms with E-state index in [9.17, 15) is 0 Å². The molecule has 0 amide bonds. The summed E-state index contributed by atoms with van der Waals surface area (Å²) in [6, 6.07) is 0. The zero-order chi connectivity index (χ0) is 10.0. The minimum absolute atomic E-state index is 0.174. The van der Waals surface area contributed by atoms with Gasteiger partial charge in [0.15, 0.2) is 10.3 Å². The van der Waals surface area contributed by atoms with Crippen LogP contribution in [0.25, 0.3) is 0 Å². The Labute approximate surface area is 104 Å². The molecule has 13 heavy (non-hydrogen) atoms. The summed E-state index contributed by atoms with van der Waals surface area (Å²) in [5.74, 6) is 0. The lowest BCUT2D eigenvalue weighted by Gasteiger charge is -2.06. The predicted octanol–water partition coefficient (Wildman–Crippen LogP) is 5.07. The van der Waals surface area contributed by atoms with Gasteiger partial charge in [-0.05, 0) is 6.26 Å². The molecule has 0 radical (unpaired) electrons. The summed E-state index contributed by atoms with van der Waals surface area (Å²) in [6.07, 6.45) is 1.90. The Morgan fingerprint density at radius 3 is 1.85 bits per heavy atom. The van der Waals surface area contributed by atoms with Gasteiger partial charge in [-0.15, -0.1) is 0 Å². The fraction of sp³-hybridized carbons (Fsp3) is 0.167. The third kappa shape index (κ3) is 2.74. The topological polar surface area (TPSA) is 12.9 Å². The molecular formula is C6H3Cl4NS2. The van der Waals surface area contributed by atoms with Gasteiger partial charge in [-0.1, -0.05) is 68.0 Å². The summed E-state index contributed by atoms with van der Waals surface area (Å²) in [4.78, 5) is 4.41. The van der Waals surface area contributed by atoms with E-state index in [2.05, 4.69) is 4.98 Å². The fourth-order valence-electron chi connectivity index (χ4n) is 0.625. The molecule has 1 rings (SSSR count).